The summed E-state index contributed by atoms with van der Waals surface area (Å²) < 4.78 is 30.5. The van der Waals surface area contributed by atoms with Crippen LogP contribution < -0.4 is 5.32 Å². The Hall–Kier alpha value is -1.50. The van der Waals surface area contributed by atoms with Crippen molar-refractivity contribution in [2.75, 3.05) is 0 Å². The maximum absolute atomic E-state index is 14.4. The van der Waals surface area contributed by atoms with E-state index in [4.69, 9.17) is 5.11 Å². The number of carbonyl (C=O) groups is 1. The molecule has 7 heteroatoms. The van der Waals surface area contributed by atoms with Crippen LogP contribution in [0.25, 0.3) is 0 Å². The first-order valence-electron chi connectivity index (χ1n) is 8.76. The summed E-state index contributed by atoms with van der Waals surface area (Å²) in [5.74, 6) is -4.50. The minimum atomic E-state index is -2.87. The lowest BCUT2D eigenvalue weighted by atomic mass is 9.95. The Morgan fingerprint density at radius 1 is 1.33 bits per heavy atom. The molecule has 2 aliphatic rings. The average Bonchev–Trinajstić information content (AvgIpc) is 2.75. The highest BCUT2D eigenvalue weighted by Crippen LogP contribution is 2.35. The highest BCUT2D eigenvalue weighted by atomic mass is 19.3. The van der Waals surface area contributed by atoms with Crippen molar-refractivity contribution in [3.63, 3.8) is 0 Å². The van der Waals surface area contributed by atoms with Gasteiger partial charge in [0.05, 0.1) is 23.3 Å². The summed E-state index contributed by atoms with van der Waals surface area (Å²) in [5.41, 5.74) is 3.29. The molecule has 1 aromatic rings. The first-order valence-corrected chi connectivity index (χ1v) is 8.76. The standard InChI is InChI=1S/C17H25F2N3O2/c1-22-14(12-4-2-3-5-13(12)21-22)10-20-15-7-6-11(16(23)24)8-9-17(15,18)19/h11,15,20H,2-10H2,1H3,(H,23,24)/t11-,15-/m1/s1. The molecule has 2 N–H and O–H groups in total. The number of aliphatic carboxylic acids is 1. The highest BCUT2D eigenvalue weighted by molar-refractivity contribution is 5.69. The Kier molecular flexibility index (Phi) is 4.90. The lowest BCUT2D eigenvalue weighted by molar-refractivity contribution is -0.142. The van der Waals surface area contributed by atoms with Crippen LogP contribution >= 0.6 is 0 Å². The van der Waals surface area contributed by atoms with Crippen LogP contribution in [0.15, 0.2) is 0 Å². The van der Waals surface area contributed by atoms with Crippen LogP contribution in [0.3, 0.4) is 0 Å². The molecule has 3 rings (SSSR count). The van der Waals surface area contributed by atoms with E-state index in [-0.39, 0.29) is 19.3 Å². The fourth-order valence-corrected chi connectivity index (χ4v) is 3.95. The molecule has 0 radical (unpaired) electrons. The van der Waals surface area contributed by atoms with Crippen molar-refractivity contribution in [2.24, 2.45) is 13.0 Å². The number of halogens is 2. The van der Waals surface area contributed by atoms with Gasteiger partial charge in [-0.2, -0.15) is 5.10 Å². The summed E-state index contributed by atoms with van der Waals surface area (Å²) in [4.78, 5) is 11.1. The number of carboxylic acid groups (broad SMARTS) is 1. The summed E-state index contributed by atoms with van der Waals surface area (Å²) in [6.45, 7) is 0.358. The molecule has 134 valence electrons. The van der Waals surface area contributed by atoms with Crippen LogP contribution in [0.5, 0.6) is 0 Å². The third kappa shape index (κ3) is 3.45. The smallest absolute Gasteiger partial charge is 0.306 e. The van der Waals surface area contributed by atoms with Crippen LogP contribution in [-0.4, -0.2) is 32.8 Å². The van der Waals surface area contributed by atoms with E-state index >= 15 is 0 Å². The van der Waals surface area contributed by atoms with E-state index in [9.17, 15) is 13.6 Å². The van der Waals surface area contributed by atoms with Crippen LogP contribution in [0.1, 0.15) is 55.5 Å². The number of fused-ring (bicyclic) bond motifs is 1. The fourth-order valence-electron chi connectivity index (χ4n) is 3.95. The number of alkyl halides is 2. The molecule has 1 fully saturated rings. The quantitative estimate of drug-likeness (QED) is 0.826. The van der Waals surface area contributed by atoms with E-state index in [0.29, 0.717) is 13.0 Å². The molecule has 0 bridgehead atoms. The number of aryl methyl sites for hydroxylation is 2. The third-order valence-corrected chi connectivity index (χ3v) is 5.45. The predicted molar refractivity (Wildman–Crippen MR) is 85.0 cm³/mol. The van der Waals surface area contributed by atoms with E-state index in [2.05, 4.69) is 10.4 Å². The van der Waals surface area contributed by atoms with Crippen molar-refractivity contribution in [1.82, 2.24) is 15.1 Å². The summed E-state index contributed by atoms with van der Waals surface area (Å²) in [6.07, 6.45) is 4.33. The molecule has 0 saturated heterocycles. The molecule has 0 unspecified atom stereocenters. The van der Waals surface area contributed by atoms with Crippen LogP contribution in [-0.2, 0) is 31.2 Å². The Balaban J connectivity index is 1.69. The maximum Gasteiger partial charge on any atom is 0.306 e. The first kappa shape index (κ1) is 17.3. The second kappa shape index (κ2) is 6.78. The minimum absolute atomic E-state index is 0.0433. The summed E-state index contributed by atoms with van der Waals surface area (Å²) >= 11 is 0. The van der Waals surface area contributed by atoms with E-state index in [1.165, 1.54) is 5.56 Å². The highest BCUT2D eigenvalue weighted by Gasteiger charge is 2.43. The number of nitrogens with one attached hydrogen (secondary N) is 1. The zero-order valence-corrected chi connectivity index (χ0v) is 14.0. The SMILES string of the molecule is Cn1nc2c(c1CN[C@@H]1CC[C@@H](C(=O)O)CCC1(F)F)CCCC2. The van der Waals surface area contributed by atoms with Gasteiger partial charge >= 0.3 is 5.97 Å². The Morgan fingerprint density at radius 2 is 2.08 bits per heavy atom. The van der Waals surface area contributed by atoms with E-state index in [0.717, 1.165) is 37.1 Å². The normalized spacial score (nSPS) is 26.6. The summed E-state index contributed by atoms with van der Waals surface area (Å²) in [6, 6.07) is -0.976. The molecule has 24 heavy (non-hydrogen) atoms. The molecular formula is C17H25F2N3O2. The van der Waals surface area contributed by atoms with Gasteiger partial charge in [0, 0.05) is 20.0 Å². The molecule has 5 nitrogen and oxygen atoms in total. The van der Waals surface area contributed by atoms with Gasteiger partial charge in [-0.1, -0.05) is 0 Å². The largest absolute Gasteiger partial charge is 0.481 e. The number of rotatable bonds is 4. The van der Waals surface area contributed by atoms with Gasteiger partial charge in [0.2, 0.25) is 0 Å². The second-order valence-corrected chi connectivity index (χ2v) is 7.05. The molecule has 0 aromatic carbocycles. The molecule has 0 amide bonds. The van der Waals surface area contributed by atoms with Crippen molar-refractivity contribution >= 4 is 5.97 Å². The van der Waals surface area contributed by atoms with Gasteiger partial charge in [0.1, 0.15) is 0 Å². The van der Waals surface area contributed by atoms with Gasteiger partial charge in [-0.15, -0.1) is 0 Å². The Labute approximate surface area is 140 Å². The number of hydrogen-bond acceptors (Lipinski definition) is 3. The second-order valence-electron chi connectivity index (χ2n) is 7.05. The third-order valence-electron chi connectivity index (χ3n) is 5.45. The topological polar surface area (TPSA) is 67.2 Å². The Morgan fingerprint density at radius 3 is 2.83 bits per heavy atom. The maximum atomic E-state index is 14.4. The molecule has 1 aromatic heterocycles. The number of carboxylic acids is 1. The molecule has 1 heterocycles. The lowest BCUT2D eigenvalue weighted by Crippen LogP contribution is -2.44. The molecule has 0 aliphatic heterocycles. The van der Waals surface area contributed by atoms with Gasteiger partial charge in [0.25, 0.3) is 5.92 Å². The molecular weight excluding hydrogens is 316 g/mol. The van der Waals surface area contributed by atoms with Crippen LogP contribution in [0.4, 0.5) is 8.78 Å². The van der Waals surface area contributed by atoms with Crippen molar-refractivity contribution < 1.29 is 18.7 Å². The van der Waals surface area contributed by atoms with Gasteiger partial charge in [-0.05, 0) is 50.5 Å². The number of nitrogens with zero attached hydrogens (tertiary/aromatic N) is 2. The van der Waals surface area contributed by atoms with Gasteiger partial charge in [0.15, 0.2) is 0 Å². The summed E-state index contributed by atoms with van der Waals surface area (Å²) in [5, 5.41) is 16.6. The van der Waals surface area contributed by atoms with Gasteiger partial charge in [-0.3, -0.25) is 9.48 Å². The van der Waals surface area contributed by atoms with Gasteiger partial charge in [-0.25, -0.2) is 8.78 Å². The molecule has 1 saturated carbocycles. The molecule has 2 atom stereocenters. The van der Waals surface area contributed by atoms with Crippen molar-refractivity contribution in [1.29, 1.82) is 0 Å². The molecule has 0 spiro atoms. The lowest BCUT2D eigenvalue weighted by Gasteiger charge is -2.26. The van der Waals surface area contributed by atoms with E-state index < -0.39 is 23.9 Å². The monoisotopic (exact) mass is 341 g/mol. The average molecular weight is 341 g/mol. The van der Waals surface area contributed by atoms with Crippen LogP contribution in [0.2, 0.25) is 0 Å². The fraction of sp³-hybridized carbons (Fsp3) is 0.765. The summed E-state index contributed by atoms with van der Waals surface area (Å²) in [7, 11) is 1.86. The predicted octanol–water partition coefficient (Wildman–Crippen LogP) is 2.67. The zero-order chi connectivity index (χ0) is 17.3. The van der Waals surface area contributed by atoms with Crippen molar-refractivity contribution in [2.45, 2.75) is 69.9 Å². The zero-order valence-electron chi connectivity index (χ0n) is 14.0. The van der Waals surface area contributed by atoms with Crippen molar-refractivity contribution in [3.8, 4) is 0 Å². The molecule has 2 aliphatic carbocycles. The Bertz CT molecular complexity index is 615. The number of hydrogen-bond donors (Lipinski definition) is 2. The van der Waals surface area contributed by atoms with E-state index in [1.54, 1.807) is 4.68 Å². The number of aromatic nitrogens is 2. The van der Waals surface area contributed by atoms with E-state index in [1.807, 2.05) is 7.05 Å². The first-order chi connectivity index (χ1) is 11.4. The van der Waals surface area contributed by atoms with Gasteiger partial charge < -0.3 is 10.4 Å². The minimum Gasteiger partial charge on any atom is -0.481 e. The van der Waals surface area contributed by atoms with Crippen molar-refractivity contribution in [3.05, 3.63) is 17.0 Å². The van der Waals surface area contributed by atoms with Crippen LogP contribution in [0, 0.1) is 5.92 Å².